The average Bonchev–Trinajstić information content (AvgIpc) is 2.64. The Labute approximate surface area is 88.6 Å². The molecule has 15 heavy (non-hydrogen) atoms. The van der Waals surface area contributed by atoms with E-state index in [0.717, 1.165) is 0 Å². The Kier molecular flexibility index (Phi) is 2.26. The third-order valence-electron chi connectivity index (χ3n) is 3.15. The highest BCUT2D eigenvalue weighted by Crippen LogP contribution is 2.27. The highest BCUT2D eigenvalue weighted by molar-refractivity contribution is 5.94. The van der Waals surface area contributed by atoms with Crippen LogP contribution in [0.3, 0.4) is 0 Å². The van der Waals surface area contributed by atoms with Crippen LogP contribution in [-0.4, -0.2) is 39.6 Å². The number of likely N-dealkylation sites (tertiary alicyclic amines) is 1. The molecular formula is C10H16N4O. The molecule has 5 nitrogen and oxygen atoms in total. The molecule has 5 heteroatoms. The molecule has 2 rings (SSSR count). The predicted octanol–water partition coefficient (Wildman–Crippen LogP) is 0.219. The molecule has 2 heterocycles. The van der Waals surface area contributed by atoms with Gasteiger partial charge in [-0.3, -0.25) is 9.89 Å². The van der Waals surface area contributed by atoms with Crippen LogP contribution in [0.2, 0.25) is 0 Å². The van der Waals surface area contributed by atoms with E-state index in [4.69, 9.17) is 5.73 Å². The van der Waals surface area contributed by atoms with Gasteiger partial charge in [0.2, 0.25) is 0 Å². The molecule has 0 aliphatic carbocycles. The van der Waals surface area contributed by atoms with Crippen molar-refractivity contribution < 1.29 is 4.79 Å². The quantitative estimate of drug-likeness (QED) is 0.730. The van der Waals surface area contributed by atoms with Gasteiger partial charge in [-0.2, -0.15) is 5.10 Å². The SMILES string of the molecule is CC(C)C1(N)CN(C(=O)c2cn[nH]c2)C1. The smallest absolute Gasteiger partial charge is 0.257 e. The van der Waals surface area contributed by atoms with Crippen molar-refractivity contribution >= 4 is 5.91 Å². The van der Waals surface area contributed by atoms with Gasteiger partial charge in [-0.15, -0.1) is 0 Å². The second kappa shape index (κ2) is 3.34. The third kappa shape index (κ3) is 1.63. The number of amides is 1. The van der Waals surface area contributed by atoms with Crippen molar-refractivity contribution in [3.8, 4) is 0 Å². The molecule has 0 spiro atoms. The van der Waals surface area contributed by atoms with Crippen molar-refractivity contribution in [1.82, 2.24) is 15.1 Å². The highest BCUT2D eigenvalue weighted by Gasteiger charge is 2.44. The zero-order valence-electron chi connectivity index (χ0n) is 9.03. The van der Waals surface area contributed by atoms with Crippen molar-refractivity contribution in [2.24, 2.45) is 11.7 Å². The summed E-state index contributed by atoms with van der Waals surface area (Å²) in [5.74, 6) is 0.399. The van der Waals surface area contributed by atoms with E-state index in [1.807, 2.05) is 0 Å². The number of rotatable bonds is 2. The largest absolute Gasteiger partial charge is 0.335 e. The Bertz CT molecular complexity index is 352. The van der Waals surface area contributed by atoms with Gasteiger partial charge in [0.15, 0.2) is 0 Å². The van der Waals surface area contributed by atoms with Gasteiger partial charge in [-0.05, 0) is 5.92 Å². The number of H-pyrrole nitrogens is 1. The maximum absolute atomic E-state index is 11.8. The summed E-state index contributed by atoms with van der Waals surface area (Å²) in [7, 11) is 0. The van der Waals surface area contributed by atoms with Crippen LogP contribution in [-0.2, 0) is 0 Å². The lowest BCUT2D eigenvalue weighted by Crippen LogP contribution is -2.71. The monoisotopic (exact) mass is 208 g/mol. The number of nitrogens with two attached hydrogens (primary N) is 1. The lowest BCUT2D eigenvalue weighted by Gasteiger charge is -2.50. The lowest BCUT2D eigenvalue weighted by atomic mass is 9.80. The van der Waals surface area contributed by atoms with Crippen LogP contribution in [0, 0.1) is 5.92 Å². The number of aromatic nitrogens is 2. The van der Waals surface area contributed by atoms with Gasteiger partial charge in [0, 0.05) is 19.3 Å². The van der Waals surface area contributed by atoms with E-state index in [-0.39, 0.29) is 11.4 Å². The van der Waals surface area contributed by atoms with E-state index in [0.29, 0.717) is 24.6 Å². The zero-order chi connectivity index (χ0) is 11.1. The average molecular weight is 208 g/mol. The van der Waals surface area contributed by atoms with Crippen LogP contribution in [0.5, 0.6) is 0 Å². The molecule has 0 bridgehead atoms. The number of carbonyl (C=O) groups is 1. The van der Waals surface area contributed by atoms with E-state index in [1.165, 1.54) is 6.20 Å². The van der Waals surface area contributed by atoms with E-state index in [9.17, 15) is 4.79 Å². The molecule has 3 N–H and O–H groups in total. The Morgan fingerprint density at radius 2 is 2.33 bits per heavy atom. The van der Waals surface area contributed by atoms with Crippen LogP contribution in [0.15, 0.2) is 12.4 Å². The fourth-order valence-electron chi connectivity index (χ4n) is 1.72. The maximum atomic E-state index is 11.8. The molecule has 0 atom stereocenters. The van der Waals surface area contributed by atoms with E-state index < -0.39 is 0 Å². The van der Waals surface area contributed by atoms with Gasteiger partial charge in [0.1, 0.15) is 0 Å². The van der Waals surface area contributed by atoms with Crippen LogP contribution in [0.25, 0.3) is 0 Å². The summed E-state index contributed by atoms with van der Waals surface area (Å²) in [5.41, 5.74) is 6.50. The van der Waals surface area contributed by atoms with Gasteiger partial charge >= 0.3 is 0 Å². The molecule has 1 saturated heterocycles. The topological polar surface area (TPSA) is 75.0 Å². The summed E-state index contributed by atoms with van der Waals surface area (Å²) in [6, 6.07) is 0. The molecule has 1 aliphatic rings. The molecule has 1 amide bonds. The number of nitrogens with one attached hydrogen (secondary N) is 1. The molecule has 1 aromatic heterocycles. The fourth-order valence-corrected chi connectivity index (χ4v) is 1.72. The number of nitrogens with zero attached hydrogens (tertiary/aromatic N) is 2. The normalized spacial score (nSPS) is 19.1. The fraction of sp³-hybridized carbons (Fsp3) is 0.600. The molecule has 1 fully saturated rings. The predicted molar refractivity (Wildman–Crippen MR) is 56.2 cm³/mol. The molecule has 0 saturated carbocycles. The van der Waals surface area contributed by atoms with Gasteiger partial charge in [-0.25, -0.2) is 0 Å². The first-order chi connectivity index (χ1) is 7.03. The number of carbonyl (C=O) groups excluding carboxylic acids is 1. The summed E-state index contributed by atoms with van der Waals surface area (Å²) in [6.45, 7) is 5.43. The molecule has 0 radical (unpaired) electrons. The summed E-state index contributed by atoms with van der Waals surface area (Å²) in [5, 5.41) is 6.38. The minimum absolute atomic E-state index is 0.00507. The van der Waals surface area contributed by atoms with E-state index in [1.54, 1.807) is 11.1 Å². The van der Waals surface area contributed by atoms with Crippen molar-refractivity contribution in [3.05, 3.63) is 18.0 Å². The minimum atomic E-state index is -0.209. The zero-order valence-corrected chi connectivity index (χ0v) is 9.03. The van der Waals surface area contributed by atoms with Gasteiger partial charge in [0.25, 0.3) is 5.91 Å². The van der Waals surface area contributed by atoms with Gasteiger partial charge in [-0.1, -0.05) is 13.8 Å². The van der Waals surface area contributed by atoms with E-state index in [2.05, 4.69) is 24.0 Å². The van der Waals surface area contributed by atoms with Crippen LogP contribution >= 0.6 is 0 Å². The summed E-state index contributed by atoms with van der Waals surface area (Å²) in [4.78, 5) is 13.6. The molecule has 0 unspecified atom stereocenters. The van der Waals surface area contributed by atoms with Crippen molar-refractivity contribution in [2.75, 3.05) is 13.1 Å². The molecule has 82 valence electrons. The number of hydrogen-bond donors (Lipinski definition) is 2. The van der Waals surface area contributed by atoms with Crippen LogP contribution < -0.4 is 5.73 Å². The lowest BCUT2D eigenvalue weighted by molar-refractivity contribution is 0.0275. The van der Waals surface area contributed by atoms with Gasteiger partial charge < -0.3 is 10.6 Å². The van der Waals surface area contributed by atoms with Crippen LogP contribution in [0.4, 0.5) is 0 Å². The van der Waals surface area contributed by atoms with Crippen molar-refractivity contribution in [2.45, 2.75) is 19.4 Å². The van der Waals surface area contributed by atoms with E-state index >= 15 is 0 Å². The first-order valence-corrected chi connectivity index (χ1v) is 5.10. The minimum Gasteiger partial charge on any atom is -0.335 e. The van der Waals surface area contributed by atoms with Crippen LogP contribution in [0.1, 0.15) is 24.2 Å². The van der Waals surface area contributed by atoms with Crippen molar-refractivity contribution in [3.63, 3.8) is 0 Å². The van der Waals surface area contributed by atoms with Crippen molar-refractivity contribution in [1.29, 1.82) is 0 Å². The Hall–Kier alpha value is -1.36. The highest BCUT2D eigenvalue weighted by atomic mass is 16.2. The Balaban J connectivity index is 1.98. The number of hydrogen-bond acceptors (Lipinski definition) is 3. The Morgan fingerprint density at radius 1 is 1.67 bits per heavy atom. The second-order valence-corrected chi connectivity index (χ2v) is 4.54. The third-order valence-corrected chi connectivity index (χ3v) is 3.15. The molecule has 1 aliphatic heterocycles. The Morgan fingerprint density at radius 3 is 2.80 bits per heavy atom. The molecule has 1 aromatic rings. The standard InChI is InChI=1S/C10H16N4O/c1-7(2)10(11)5-14(6-10)9(15)8-3-12-13-4-8/h3-4,7H,5-6,11H2,1-2H3,(H,12,13). The summed E-state index contributed by atoms with van der Waals surface area (Å²) >= 11 is 0. The van der Waals surface area contributed by atoms with Gasteiger partial charge in [0.05, 0.1) is 17.3 Å². The first-order valence-electron chi connectivity index (χ1n) is 5.10. The molecule has 0 aromatic carbocycles. The number of aromatic amines is 1. The summed E-state index contributed by atoms with van der Waals surface area (Å²) < 4.78 is 0. The maximum Gasteiger partial charge on any atom is 0.257 e. The second-order valence-electron chi connectivity index (χ2n) is 4.54. The summed E-state index contributed by atoms with van der Waals surface area (Å²) in [6.07, 6.45) is 3.14. The first kappa shape index (κ1) is 10.2. The molecular weight excluding hydrogens is 192 g/mol.